The summed E-state index contributed by atoms with van der Waals surface area (Å²) in [5.41, 5.74) is 12.5. The van der Waals surface area contributed by atoms with E-state index in [0.717, 1.165) is 44.3 Å². The van der Waals surface area contributed by atoms with Gasteiger partial charge in [-0.1, -0.05) is 67.1 Å². The first-order chi connectivity index (χ1) is 33.5. The molecule has 0 spiro atoms. The number of hydrogen-bond acceptors (Lipinski definition) is 12. The Morgan fingerprint density at radius 2 is 1.63 bits per heavy atom. The minimum Gasteiger partial charge on any atom is -0.458 e. The van der Waals surface area contributed by atoms with Crippen LogP contribution in [-0.2, 0) is 63.4 Å². The molecular weight excluding hydrogens is 922 g/mol. The molecule has 19 heteroatoms. The molecule has 2 aliphatic heterocycles. The molecule has 0 saturated heterocycles. The molecule has 0 fully saturated rings. The summed E-state index contributed by atoms with van der Waals surface area (Å²) in [6.45, 7) is 5.46. The SMILES string of the molecule is CC[C@@]1(O)C(=O)OCc2c1cc1n(c2=O)Cc2c-1nc1cc(Cl)c(C)c3c1c2[C@@H](NC(=O)COCNC(=O)[C@H](C)NC(=O)[C@H](C)NC(=O)[C@H](CCC1c2ccccc2-c2ccccc21)OC(N)=O)CC3. The number of aryl methyl sites for hydroxylation is 1. The number of aliphatic hydroxyl groups is 1. The van der Waals surface area contributed by atoms with Crippen molar-refractivity contribution in [3.63, 3.8) is 0 Å². The van der Waals surface area contributed by atoms with Crippen LogP contribution in [0.15, 0.2) is 65.5 Å². The third-order valence-electron chi connectivity index (χ3n) is 14.0. The number of primary amides is 1. The molecule has 7 N–H and O–H groups in total. The van der Waals surface area contributed by atoms with Crippen LogP contribution in [0.5, 0.6) is 0 Å². The second-order valence-corrected chi connectivity index (χ2v) is 18.6. The minimum absolute atomic E-state index is 0.00792. The first-order valence-corrected chi connectivity index (χ1v) is 23.6. The zero-order valence-corrected chi connectivity index (χ0v) is 39.7. The first-order valence-electron chi connectivity index (χ1n) is 23.2. The maximum atomic E-state index is 14.0. The molecule has 9 rings (SSSR count). The van der Waals surface area contributed by atoms with E-state index in [9.17, 15) is 38.7 Å². The number of cyclic esters (lactones) is 1. The van der Waals surface area contributed by atoms with E-state index >= 15 is 0 Å². The number of carbonyl (C=O) groups is 6. The van der Waals surface area contributed by atoms with Crippen LogP contribution in [0.3, 0.4) is 0 Å². The van der Waals surface area contributed by atoms with Crippen LogP contribution < -0.4 is 32.6 Å². The van der Waals surface area contributed by atoms with E-state index in [1.54, 1.807) is 23.6 Å². The summed E-state index contributed by atoms with van der Waals surface area (Å²) >= 11 is 6.71. The van der Waals surface area contributed by atoms with Crippen LogP contribution in [0.2, 0.25) is 5.02 Å². The van der Waals surface area contributed by atoms with Gasteiger partial charge in [-0.15, -0.1) is 0 Å². The zero-order chi connectivity index (χ0) is 49.8. The lowest BCUT2D eigenvalue weighted by Crippen LogP contribution is -2.53. The van der Waals surface area contributed by atoms with Crippen LogP contribution in [0, 0.1) is 6.92 Å². The number of fused-ring (bicyclic) bond motifs is 8. The second kappa shape index (κ2) is 19.0. The van der Waals surface area contributed by atoms with Crippen molar-refractivity contribution in [1.29, 1.82) is 0 Å². The molecular formula is C51H52ClN7O11. The lowest BCUT2D eigenvalue weighted by molar-refractivity contribution is -0.172. The van der Waals surface area contributed by atoms with Crippen molar-refractivity contribution < 1.29 is 48.1 Å². The van der Waals surface area contributed by atoms with Crippen LogP contribution in [0.25, 0.3) is 33.4 Å². The van der Waals surface area contributed by atoms with Gasteiger partial charge in [0.15, 0.2) is 11.7 Å². The monoisotopic (exact) mass is 973 g/mol. The van der Waals surface area contributed by atoms with Crippen molar-refractivity contribution >= 4 is 58.2 Å². The molecule has 0 saturated carbocycles. The lowest BCUT2D eigenvalue weighted by Gasteiger charge is -2.31. The summed E-state index contributed by atoms with van der Waals surface area (Å²) in [7, 11) is 0. The number of nitrogens with zero attached hydrogens (tertiary/aromatic N) is 2. The number of halogens is 1. The molecule has 18 nitrogen and oxygen atoms in total. The number of carbonyl (C=O) groups excluding carboxylic acids is 6. The molecule has 2 aliphatic carbocycles. The predicted molar refractivity (Wildman–Crippen MR) is 255 cm³/mol. The summed E-state index contributed by atoms with van der Waals surface area (Å²) in [5, 5.41) is 23.4. The summed E-state index contributed by atoms with van der Waals surface area (Å²) < 4.78 is 17.5. The fraction of sp³-hybridized carbons (Fsp3) is 0.373. The van der Waals surface area contributed by atoms with E-state index < -0.39 is 77.7 Å². The van der Waals surface area contributed by atoms with Crippen LogP contribution >= 0.6 is 11.6 Å². The van der Waals surface area contributed by atoms with Gasteiger partial charge < -0.3 is 50.9 Å². The highest BCUT2D eigenvalue weighted by Gasteiger charge is 2.46. The molecule has 5 aromatic rings. The number of benzene rings is 3. The number of pyridine rings is 2. The van der Waals surface area contributed by atoms with Crippen molar-refractivity contribution in [2.75, 3.05) is 13.3 Å². The topological polar surface area (TPSA) is 259 Å². The van der Waals surface area contributed by atoms with Crippen LogP contribution in [-0.4, -0.2) is 81.9 Å². The van der Waals surface area contributed by atoms with Gasteiger partial charge in [0.05, 0.1) is 35.1 Å². The Bertz CT molecular complexity index is 3060. The van der Waals surface area contributed by atoms with E-state index in [0.29, 0.717) is 46.8 Å². The summed E-state index contributed by atoms with van der Waals surface area (Å²) in [6.07, 6.45) is -0.792. The number of nitrogens with two attached hydrogens (primary N) is 1. The third-order valence-corrected chi connectivity index (χ3v) is 14.4. The number of ether oxygens (including phenoxy) is 3. The molecule has 5 amide bonds. The highest BCUT2D eigenvalue weighted by Crippen LogP contribution is 2.48. The van der Waals surface area contributed by atoms with Gasteiger partial charge in [-0.25, -0.2) is 14.6 Å². The first kappa shape index (κ1) is 47.9. The molecule has 70 heavy (non-hydrogen) atoms. The van der Waals surface area contributed by atoms with Crippen molar-refractivity contribution in [3.8, 4) is 22.5 Å². The Morgan fingerprint density at radius 3 is 2.31 bits per heavy atom. The molecule has 0 unspecified atom stereocenters. The summed E-state index contributed by atoms with van der Waals surface area (Å²) in [5.74, 6) is -3.40. The van der Waals surface area contributed by atoms with Crippen LogP contribution in [0.1, 0.15) is 103 Å². The third kappa shape index (κ3) is 8.53. The zero-order valence-electron chi connectivity index (χ0n) is 38.9. The maximum Gasteiger partial charge on any atom is 0.405 e. The summed E-state index contributed by atoms with van der Waals surface area (Å²) in [4.78, 5) is 96.6. The normalized spacial score (nSPS) is 18.5. The fourth-order valence-electron chi connectivity index (χ4n) is 10.4. The molecule has 364 valence electrons. The summed E-state index contributed by atoms with van der Waals surface area (Å²) in [6, 6.07) is 16.6. The standard InChI is InChI=1S/C51H52ClN7O11/c1-5-51(67)35-18-39-44-33(20-59(39)48(64)34(35)21-69-49(51)65)43-37(16-14-27-24(2)36(52)19-38(58-44)42(27)43)57-41(60)22-68-23-54-45(61)25(3)55-46(62)26(4)56-47(63)40(70-50(53)66)17-15-32-30-12-8-6-10-28(30)29-11-7-9-13-31(29)32/h6-13,18-19,25-26,32,37,40,67H,5,14-17,20-23H2,1-4H3,(H2,53,66)(H,54,61)(H,55,62)(H,56,63)(H,57,60)/t25-,26-,37-,40-,51-/m0/s1. The van der Waals surface area contributed by atoms with Crippen molar-refractivity contribution in [2.24, 2.45) is 5.73 Å². The van der Waals surface area contributed by atoms with Crippen LogP contribution in [0.4, 0.5) is 4.79 Å². The average Bonchev–Trinajstić information content (AvgIpc) is 3.87. The Kier molecular flexibility index (Phi) is 13.0. The lowest BCUT2D eigenvalue weighted by atomic mass is 9.81. The minimum atomic E-state index is -2.00. The highest BCUT2D eigenvalue weighted by molar-refractivity contribution is 6.32. The number of amides is 5. The van der Waals surface area contributed by atoms with Gasteiger partial charge in [0.1, 0.15) is 32.0 Å². The van der Waals surface area contributed by atoms with Crippen molar-refractivity contribution in [3.05, 3.63) is 121 Å². The maximum absolute atomic E-state index is 14.0. The predicted octanol–water partition coefficient (Wildman–Crippen LogP) is 4.30. The molecule has 0 radical (unpaired) electrons. The second-order valence-electron chi connectivity index (χ2n) is 18.2. The number of hydrogen-bond donors (Lipinski definition) is 6. The molecule has 4 heterocycles. The molecule has 2 aromatic heterocycles. The van der Waals surface area contributed by atoms with Gasteiger partial charge >= 0.3 is 12.1 Å². The Balaban J connectivity index is 0.799. The van der Waals surface area contributed by atoms with E-state index in [1.807, 2.05) is 55.5 Å². The van der Waals surface area contributed by atoms with E-state index in [1.165, 1.54) is 13.8 Å². The van der Waals surface area contributed by atoms with Gasteiger partial charge in [0.25, 0.3) is 11.5 Å². The van der Waals surface area contributed by atoms with Gasteiger partial charge in [-0.2, -0.15) is 0 Å². The van der Waals surface area contributed by atoms with E-state index in [4.69, 9.17) is 36.5 Å². The Labute approximate surface area is 406 Å². The number of nitrogens with one attached hydrogen (secondary N) is 4. The number of aromatic nitrogens is 2. The van der Waals surface area contributed by atoms with Gasteiger partial charge in [-0.3, -0.25) is 24.0 Å². The fourth-order valence-corrected chi connectivity index (χ4v) is 10.6. The number of esters is 1. The van der Waals surface area contributed by atoms with Gasteiger partial charge in [0.2, 0.25) is 17.7 Å². The Hall–Kier alpha value is -7.15. The van der Waals surface area contributed by atoms with Crippen molar-refractivity contribution in [1.82, 2.24) is 30.8 Å². The molecule has 4 aliphatic rings. The average molecular weight is 974 g/mol. The van der Waals surface area contributed by atoms with E-state index in [-0.39, 0.29) is 49.8 Å². The largest absolute Gasteiger partial charge is 0.458 e. The van der Waals surface area contributed by atoms with Gasteiger partial charge in [-0.05, 0) is 104 Å². The van der Waals surface area contributed by atoms with E-state index in [2.05, 4.69) is 21.3 Å². The molecule has 0 bridgehead atoms. The van der Waals surface area contributed by atoms with Crippen molar-refractivity contribution in [2.45, 2.75) is 109 Å². The Morgan fingerprint density at radius 1 is 0.957 bits per heavy atom. The van der Waals surface area contributed by atoms with Gasteiger partial charge in [0, 0.05) is 27.5 Å². The quantitative estimate of drug-likeness (QED) is 0.0479. The smallest absolute Gasteiger partial charge is 0.405 e. The molecule has 5 atom stereocenters. The number of rotatable bonds is 15. The molecule has 3 aromatic carbocycles. The highest BCUT2D eigenvalue weighted by atomic mass is 35.5.